The average Bonchev–Trinajstić information content (AvgIpc) is 2.42. The van der Waals surface area contributed by atoms with Gasteiger partial charge in [0.2, 0.25) is 0 Å². The molecule has 20 heavy (non-hydrogen) atoms. The number of hydrogen-bond acceptors (Lipinski definition) is 3. The van der Waals surface area contributed by atoms with E-state index in [4.69, 9.17) is 10.5 Å². The van der Waals surface area contributed by atoms with Crippen LogP contribution in [-0.4, -0.2) is 12.1 Å². The first-order chi connectivity index (χ1) is 9.54. The van der Waals surface area contributed by atoms with Gasteiger partial charge < -0.3 is 10.5 Å². The van der Waals surface area contributed by atoms with Gasteiger partial charge in [-0.2, -0.15) is 0 Å². The number of hydrogen-bond donors (Lipinski definition) is 1. The molecule has 3 nitrogen and oxygen atoms in total. The summed E-state index contributed by atoms with van der Waals surface area (Å²) in [6.07, 6.45) is 4.96. The number of benzene rings is 1. The molecule has 0 saturated heterocycles. The second kappa shape index (κ2) is 6.78. The first-order valence-electron chi connectivity index (χ1n) is 7.59. The molecule has 0 heterocycles. The van der Waals surface area contributed by atoms with Gasteiger partial charge in [-0.1, -0.05) is 26.0 Å². The second-order valence-electron chi connectivity index (χ2n) is 6.14. The summed E-state index contributed by atoms with van der Waals surface area (Å²) in [7, 11) is 0. The monoisotopic (exact) mass is 275 g/mol. The van der Waals surface area contributed by atoms with Gasteiger partial charge in [-0.3, -0.25) is 4.79 Å². The maximum atomic E-state index is 12.0. The van der Waals surface area contributed by atoms with E-state index in [0.717, 1.165) is 30.0 Å². The Labute approximate surface area is 121 Å². The Morgan fingerprint density at radius 1 is 1.25 bits per heavy atom. The lowest BCUT2D eigenvalue weighted by atomic mass is 9.89. The summed E-state index contributed by atoms with van der Waals surface area (Å²) in [6, 6.07) is 7.71. The molecular formula is C17H25NO2. The van der Waals surface area contributed by atoms with Gasteiger partial charge in [-0.15, -0.1) is 0 Å². The van der Waals surface area contributed by atoms with E-state index in [9.17, 15) is 4.79 Å². The number of esters is 1. The summed E-state index contributed by atoms with van der Waals surface area (Å²) in [5.74, 6) is 0.873. The van der Waals surface area contributed by atoms with Crippen LogP contribution in [0, 0.1) is 5.92 Å². The van der Waals surface area contributed by atoms with Crippen molar-refractivity contribution < 1.29 is 9.53 Å². The predicted molar refractivity (Wildman–Crippen MR) is 81.4 cm³/mol. The quantitative estimate of drug-likeness (QED) is 0.670. The van der Waals surface area contributed by atoms with E-state index >= 15 is 0 Å². The predicted octanol–water partition coefficient (Wildman–Crippen LogP) is 3.88. The van der Waals surface area contributed by atoms with Crippen LogP contribution >= 0.6 is 0 Å². The van der Waals surface area contributed by atoms with Crippen molar-refractivity contribution in [3.63, 3.8) is 0 Å². The summed E-state index contributed by atoms with van der Waals surface area (Å²) in [5, 5.41) is 0. The highest BCUT2D eigenvalue weighted by Gasteiger charge is 2.22. The molecule has 1 fully saturated rings. The van der Waals surface area contributed by atoms with Crippen molar-refractivity contribution >= 4 is 11.7 Å². The molecule has 1 aliphatic carbocycles. The second-order valence-corrected chi connectivity index (χ2v) is 6.14. The topological polar surface area (TPSA) is 52.3 Å². The van der Waals surface area contributed by atoms with Crippen molar-refractivity contribution in [1.82, 2.24) is 0 Å². The van der Waals surface area contributed by atoms with Gasteiger partial charge in [0.1, 0.15) is 6.10 Å². The summed E-state index contributed by atoms with van der Waals surface area (Å²) < 4.78 is 5.59. The van der Waals surface area contributed by atoms with Crippen molar-refractivity contribution in [2.24, 2.45) is 5.92 Å². The lowest BCUT2D eigenvalue weighted by Gasteiger charge is -2.26. The molecule has 1 aliphatic rings. The maximum Gasteiger partial charge on any atom is 0.306 e. The van der Waals surface area contributed by atoms with Crippen LogP contribution in [0.25, 0.3) is 0 Å². The molecule has 0 aromatic heterocycles. The van der Waals surface area contributed by atoms with Crippen molar-refractivity contribution in [3.05, 3.63) is 29.8 Å². The van der Waals surface area contributed by atoms with Crippen LogP contribution in [0.4, 0.5) is 5.69 Å². The molecule has 1 unspecified atom stereocenters. The molecule has 0 bridgehead atoms. The normalized spacial score (nSPS) is 24.1. The zero-order chi connectivity index (χ0) is 14.5. The van der Waals surface area contributed by atoms with Gasteiger partial charge in [0.05, 0.1) is 6.42 Å². The largest absolute Gasteiger partial charge is 0.462 e. The molecule has 2 N–H and O–H groups in total. The molecule has 110 valence electrons. The van der Waals surface area contributed by atoms with E-state index in [1.165, 1.54) is 12.8 Å². The summed E-state index contributed by atoms with van der Waals surface area (Å²) >= 11 is 0. The molecule has 2 rings (SSSR count). The van der Waals surface area contributed by atoms with E-state index in [1.807, 2.05) is 24.3 Å². The van der Waals surface area contributed by atoms with Crippen LogP contribution in [-0.2, 0) is 9.53 Å². The Morgan fingerprint density at radius 3 is 2.45 bits per heavy atom. The SMILES string of the molecule is CC1CCC(OC(=O)CC(C)c2ccc(N)cc2)CC1. The van der Waals surface area contributed by atoms with E-state index in [-0.39, 0.29) is 18.0 Å². The highest BCUT2D eigenvalue weighted by atomic mass is 16.5. The van der Waals surface area contributed by atoms with E-state index in [0.29, 0.717) is 6.42 Å². The van der Waals surface area contributed by atoms with E-state index in [2.05, 4.69) is 13.8 Å². The Bertz CT molecular complexity index is 433. The molecule has 0 radical (unpaired) electrons. The van der Waals surface area contributed by atoms with Crippen LogP contribution in [0.3, 0.4) is 0 Å². The molecule has 1 aromatic rings. The number of carbonyl (C=O) groups excluding carboxylic acids is 1. The van der Waals surface area contributed by atoms with Crippen molar-refractivity contribution in [1.29, 1.82) is 0 Å². The minimum atomic E-state index is -0.0751. The molecular weight excluding hydrogens is 250 g/mol. The average molecular weight is 275 g/mol. The Kier molecular flexibility index (Phi) is 5.05. The number of carbonyl (C=O) groups is 1. The zero-order valence-corrected chi connectivity index (χ0v) is 12.5. The smallest absolute Gasteiger partial charge is 0.306 e. The van der Waals surface area contributed by atoms with Crippen LogP contribution < -0.4 is 5.73 Å². The standard InChI is InChI=1S/C17H25NO2/c1-12-3-9-16(10-4-12)20-17(19)11-13(2)14-5-7-15(18)8-6-14/h5-8,12-13,16H,3-4,9-11,18H2,1-2H3. The van der Waals surface area contributed by atoms with Crippen LogP contribution in [0.15, 0.2) is 24.3 Å². The summed E-state index contributed by atoms with van der Waals surface area (Å²) in [4.78, 5) is 12.0. The van der Waals surface area contributed by atoms with Gasteiger partial charge in [0.15, 0.2) is 0 Å². The minimum Gasteiger partial charge on any atom is -0.462 e. The molecule has 0 amide bonds. The van der Waals surface area contributed by atoms with Crippen LogP contribution in [0.2, 0.25) is 0 Å². The fourth-order valence-electron chi connectivity index (χ4n) is 2.77. The molecule has 1 saturated carbocycles. The Hall–Kier alpha value is -1.51. The number of ether oxygens (including phenoxy) is 1. The minimum absolute atomic E-state index is 0.0751. The third kappa shape index (κ3) is 4.26. The van der Waals surface area contributed by atoms with E-state index in [1.54, 1.807) is 0 Å². The van der Waals surface area contributed by atoms with Crippen molar-refractivity contribution in [3.8, 4) is 0 Å². The molecule has 0 aliphatic heterocycles. The molecule has 0 spiro atoms. The maximum absolute atomic E-state index is 12.0. The van der Waals surface area contributed by atoms with Crippen LogP contribution in [0.5, 0.6) is 0 Å². The lowest BCUT2D eigenvalue weighted by Crippen LogP contribution is -2.24. The number of nitrogen functional groups attached to an aromatic ring is 1. The highest BCUT2D eigenvalue weighted by Crippen LogP contribution is 2.27. The first-order valence-corrected chi connectivity index (χ1v) is 7.59. The lowest BCUT2D eigenvalue weighted by molar-refractivity contribution is -0.151. The fraction of sp³-hybridized carbons (Fsp3) is 0.588. The first kappa shape index (κ1) is 14.9. The summed E-state index contributed by atoms with van der Waals surface area (Å²) in [6.45, 7) is 4.32. The van der Waals surface area contributed by atoms with E-state index < -0.39 is 0 Å². The third-order valence-electron chi connectivity index (χ3n) is 4.24. The number of nitrogens with two attached hydrogens (primary N) is 1. The Morgan fingerprint density at radius 2 is 1.85 bits per heavy atom. The van der Waals surface area contributed by atoms with Gasteiger partial charge in [0.25, 0.3) is 0 Å². The fourth-order valence-corrected chi connectivity index (χ4v) is 2.77. The van der Waals surface area contributed by atoms with Gasteiger partial charge >= 0.3 is 5.97 Å². The summed E-state index contributed by atoms with van der Waals surface area (Å²) in [5.41, 5.74) is 7.55. The van der Waals surface area contributed by atoms with Gasteiger partial charge in [0, 0.05) is 5.69 Å². The molecule has 1 atom stereocenters. The van der Waals surface area contributed by atoms with Crippen molar-refractivity contribution in [2.45, 2.75) is 58.0 Å². The number of rotatable bonds is 4. The van der Waals surface area contributed by atoms with Crippen molar-refractivity contribution in [2.75, 3.05) is 5.73 Å². The highest BCUT2D eigenvalue weighted by molar-refractivity contribution is 5.70. The van der Waals surface area contributed by atoms with Crippen LogP contribution in [0.1, 0.15) is 57.4 Å². The van der Waals surface area contributed by atoms with Gasteiger partial charge in [-0.05, 0) is 55.2 Å². The third-order valence-corrected chi connectivity index (χ3v) is 4.24. The van der Waals surface area contributed by atoms with Gasteiger partial charge in [-0.25, -0.2) is 0 Å². The Balaban J connectivity index is 1.80. The molecule has 1 aromatic carbocycles. The molecule has 3 heteroatoms. The zero-order valence-electron chi connectivity index (χ0n) is 12.5. The number of anilines is 1.